The van der Waals surface area contributed by atoms with Crippen molar-refractivity contribution < 1.29 is 8.83 Å². The first-order valence-electron chi connectivity index (χ1n) is 4.04. The van der Waals surface area contributed by atoms with E-state index in [0.29, 0.717) is 4.67 Å². The van der Waals surface area contributed by atoms with E-state index in [1.54, 1.807) is 12.5 Å². The quantitative estimate of drug-likeness (QED) is 0.653. The summed E-state index contributed by atoms with van der Waals surface area (Å²) in [4.78, 5) is 0. The third kappa shape index (κ3) is 1.75. The van der Waals surface area contributed by atoms with Gasteiger partial charge in [0.1, 0.15) is 11.8 Å². The van der Waals surface area contributed by atoms with Crippen LogP contribution in [0, 0.1) is 0 Å². The summed E-state index contributed by atoms with van der Waals surface area (Å²) in [5, 5.41) is 0. The normalized spacial score (nSPS) is 13.0. The van der Waals surface area contributed by atoms with Crippen LogP contribution in [0.25, 0.3) is 0 Å². The maximum Gasteiger partial charge on any atom is 0.169 e. The molecule has 0 aromatic carbocycles. The van der Waals surface area contributed by atoms with E-state index >= 15 is 0 Å². The lowest BCUT2D eigenvalue weighted by Crippen LogP contribution is -2.28. The second-order valence-electron chi connectivity index (χ2n) is 2.80. The van der Waals surface area contributed by atoms with Gasteiger partial charge in [-0.3, -0.25) is 5.84 Å². The van der Waals surface area contributed by atoms with E-state index in [9.17, 15) is 0 Å². The molecule has 2 aromatic rings. The molecule has 14 heavy (non-hydrogen) atoms. The number of nitrogens with one attached hydrogen (secondary N) is 1. The predicted molar refractivity (Wildman–Crippen MR) is 54.3 cm³/mol. The number of furan rings is 2. The summed E-state index contributed by atoms with van der Waals surface area (Å²) in [5.41, 5.74) is 3.57. The molecule has 0 bridgehead atoms. The van der Waals surface area contributed by atoms with E-state index in [2.05, 4.69) is 21.4 Å². The van der Waals surface area contributed by atoms with Gasteiger partial charge in [0, 0.05) is 5.56 Å². The highest BCUT2D eigenvalue weighted by Crippen LogP contribution is 2.25. The van der Waals surface area contributed by atoms with Crippen molar-refractivity contribution in [3.8, 4) is 0 Å². The Kier molecular flexibility index (Phi) is 2.72. The van der Waals surface area contributed by atoms with Crippen LogP contribution in [-0.2, 0) is 0 Å². The van der Waals surface area contributed by atoms with Gasteiger partial charge in [0.05, 0.1) is 12.5 Å². The molecule has 2 rings (SSSR count). The molecular formula is C9H9BrN2O2. The fourth-order valence-electron chi connectivity index (χ4n) is 1.27. The molecule has 0 saturated heterocycles. The Hall–Kier alpha value is -1.04. The Labute approximate surface area is 89.2 Å². The van der Waals surface area contributed by atoms with Crippen LogP contribution in [0.3, 0.4) is 0 Å². The molecule has 5 heteroatoms. The Morgan fingerprint density at radius 1 is 1.43 bits per heavy atom. The van der Waals surface area contributed by atoms with Crippen LogP contribution in [-0.4, -0.2) is 0 Å². The van der Waals surface area contributed by atoms with Crippen LogP contribution in [0.1, 0.15) is 17.4 Å². The Balaban J connectivity index is 2.31. The number of hydrogen-bond acceptors (Lipinski definition) is 4. The van der Waals surface area contributed by atoms with E-state index in [4.69, 9.17) is 14.7 Å². The maximum absolute atomic E-state index is 5.44. The zero-order valence-electron chi connectivity index (χ0n) is 7.24. The summed E-state index contributed by atoms with van der Waals surface area (Å²) in [6.45, 7) is 0. The van der Waals surface area contributed by atoms with Crippen molar-refractivity contribution in [1.29, 1.82) is 0 Å². The molecule has 1 atom stereocenters. The molecule has 0 radical (unpaired) electrons. The van der Waals surface area contributed by atoms with Crippen LogP contribution < -0.4 is 11.3 Å². The number of halogens is 1. The molecule has 0 spiro atoms. The minimum atomic E-state index is -0.181. The van der Waals surface area contributed by atoms with Gasteiger partial charge in [-0.1, -0.05) is 0 Å². The van der Waals surface area contributed by atoms with Crippen molar-refractivity contribution >= 4 is 15.9 Å². The lowest BCUT2D eigenvalue weighted by Gasteiger charge is -2.09. The van der Waals surface area contributed by atoms with Gasteiger partial charge in [0.15, 0.2) is 4.67 Å². The SMILES string of the molecule is NNC(c1coc(Br)c1)c1ccco1. The highest BCUT2D eigenvalue weighted by Gasteiger charge is 2.16. The lowest BCUT2D eigenvalue weighted by molar-refractivity contribution is 0.448. The van der Waals surface area contributed by atoms with Gasteiger partial charge in [-0.05, 0) is 34.1 Å². The first-order valence-corrected chi connectivity index (χ1v) is 4.84. The molecule has 0 aliphatic heterocycles. The minimum absolute atomic E-state index is 0.181. The first kappa shape index (κ1) is 9.51. The largest absolute Gasteiger partial charge is 0.467 e. The molecule has 1 unspecified atom stereocenters. The van der Waals surface area contributed by atoms with Crippen LogP contribution in [0.4, 0.5) is 0 Å². The van der Waals surface area contributed by atoms with Crippen LogP contribution >= 0.6 is 15.9 Å². The summed E-state index contributed by atoms with van der Waals surface area (Å²) < 4.78 is 11.0. The maximum atomic E-state index is 5.44. The zero-order chi connectivity index (χ0) is 9.97. The minimum Gasteiger partial charge on any atom is -0.467 e. The number of nitrogens with two attached hydrogens (primary N) is 1. The second-order valence-corrected chi connectivity index (χ2v) is 3.58. The Morgan fingerprint density at radius 3 is 2.79 bits per heavy atom. The van der Waals surface area contributed by atoms with Crippen molar-refractivity contribution in [1.82, 2.24) is 5.43 Å². The van der Waals surface area contributed by atoms with Crippen molar-refractivity contribution in [3.63, 3.8) is 0 Å². The summed E-state index contributed by atoms with van der Waals surface area (Å²) in [5.74, 6) is 6.19. The molecule has 0 aliphatic rings. The second kappa shape index (κ2) is 4.00. The summed E-state index contributed by atoms with van der Waals surface area (Å²) in [6.07, 6.45) is 3.23. The molecule has 2 heterocycles. The topological polar surface area (TPSA) is 64.3 Å². The van der Waals surface area contributed by atoms with Gasteiger partial charge >= 0.3 is 0 Å². The van der Waals surface area contributed by atoms with Crippen molar-refractivity contribution in [2.45, 2.75) is 6.04 Å². The van der Waals surface area contributed by atoms with Crippen molar-refractivity contribution in [2.75, 3.05) is 0 Å². The fraction of sp³-hybridized carbons (Fsp3) is 0.111. The molecule has 0 fully saturated rings. The molecule has 0 amide bonds. The highest BCUT2D eigenvalue weighted by molar-refractivity contribution is 9.10. The monoisotopic (exact) mass is 256 g/mol. The van der Waals surface area contributed by atoms with Crippen molar-refractivity contribution in [2.24, 2.45) is 5.84 Å². The van der Waals surface area contributed by atoms with E-state index in [0.717, 1.165) is 11.3 Å². The van der Waals surface area contributed by atoms with Gasteiger partial charge in [-0.25, -0.2) is 5.43 Å². The van der Waals surface area contributed by atoms with E-state index in [1.165, 1.54) is 0 Å². The lowest BCUT2D eigenvalue weighted by atomic mass is 10.1. The summed E-state index contributed by atoms with van der Waals surface area (Å²) in [7, 11) is 0. The van der Waals surface area contributed by atoms with Gasteiger partial charge in [0.25, 0.3) is 0 Å². The highest BCUT2D eigenvalue weighted by atomic mass is 79.9. The smallest absolute Gasteiger partial charge is 0.169 e. The molecule has 0 saturated carbocycles. The molecule has 4 nitrogen and oxygen atoms in total. The van der Waals surface area contributed by atoms with E-state index in [-0.39, 0.29) is 6.04 Å². The average molecular weight is 257 g/mol. The third-order valence-corrected chi connectivity index (χ3v) is 2.33. The number of hydrogen-bond donors (Lipinski definition) is 2. The molecule has 3 N–H and O–H groups in total. The van der Waals surface area contributed by atoms with E-state index in [1.807, 2.05) is 18.2 Å². The molecule has 0 aliphatic carbocycles. The van der Waals surface area contributed by atoms with Gasteiger partial charge in [-0.2, -0.15) is 0 Å². The van der Waals surface area contributed by atoms with Crippen LogP contribution in [0.5, 0.6) is 0 Å². The zero-order valence-corrected chi connectivity index (χ0v) is 8.82. The first-order chi connectivity index (χ1) is 6.81. The van der Waals surface area contributed by atoms with Gasteiger partial charge < -0.3 is 8.83 Å². The fourth-order valence-corrected chi connectivity index (χ4v) is 1.63. The summed E-state index contributed by atoms with van der Waals surface area (Å²) in [6, 6.07) is 5.33. The summed E-state index contributed by atoms with van der Waals surface area (Å²) >= 11 is 3.23. The Morgan fingerprint density at radius 2 is 2.29 bits per heavy atom. The molecular weight excluding hydrogens is 248 g/mol. The number of hydrazine groups is 1. The molecule has 74 valence electrons. The van der Waals surface area contributed by atoms with Gasteiger partial charge in [-0.15, -0.1) is 0 Å². The predicted octanol–water partition coefficient (Wildman–Crippen LogP) is 2.19. The average Bonchev–Trinajstić information content (AvgIpc) is 2.79. The standard InChI is InChI=1S/C9H9BrN2O2/c10-8-4-6(5-14-8)9(12-11)7-2-1-3-13-7/h1-5,9,12H,11H2. The van der Waals surface area contributed by atoms with Crippen LogP contribution in [0.15, 0.2) is 44.2 Å². The Bertz CT molecular complexity index is 397. The number of rotatable bonds is 3. The van der Waals surface area contributed by atoms with Gasteiger partial charge in [0.2, 0.25) is 0 Å². The van der Waals surface area contributed by atoms with E-state index < -0.39 is 0 Å². The molecule has 2 aromatic heterocycles. The van der Waals surface area contributed by atoms with Crippen molar-refractivity contribution in [3.05, 3.63) is 46.7 Å². The third-order valence-electron chi connectivity index (χ3n) is 1.92. The van der Waals surface area contributed by atoms with Crippen LogP contribution in [0.2, 0.25) is 0 Å².